The summed E-state index contributed by atoms with van der Waals surface area (Å²) < 4.78 is 1.25. The van der Waals surface area contributed by atoms with Crippen LogP contribution in [0.25, 0.3) is 5.95 Å². The summed E-state index contributed by atoms with van der Waals surface area (Å²) in [7, 11) is 0. The van der Waals surface area contributed by atoms with Crippen LogP contribution in [-0.4, -0.2) is 40.5 Å². The molecule has 2 aromatic rings. The third-order valence-electron chi connectivity index (χ3n) is 0.972. The molecule has 0 bridgehead atoms. The molecular formula is C2H3N9. The Morgan fingerprint density at radius 1 is 1.36 bits per heavy atom. The van der Waals surface area contributed by atoms with Gasteiger partial charge in [-0.2, -0.15) is 4.68 Å². The SMILES string of the molecule is Nn1nnc(-n2cnnn2)n1. The minimum atomic E-state index is 0.234. The molecule has 2 rings (SSSR count). The van der Waals surface area contributed by atoms with Crippen LogP contribution in [0.1, 0.15) is 0 Å². The third kappa shape index (κ3) is 0.870. The maximum Gasteiger partial charge on any atom is 0.295 e. The first kappa shape index (κ1) is 5.70. The van der Waals surface area contributed by atoms with Crippen LogP contribution in [-0.2, 0) is 0 Å². The van der Waals surface area contributed by atoms with Crippen LogP contribution in [0.5, 0.6) is 0 Å². The molecule has 0 aromatic carbocycles. The number of hydrogen-bond acceptors (Lipinski definition) is 7. The van der Waals surface area contributed by atoms with E-state index < -0.39 is 0 Å². The number of nitrogens with zero attached hydrogens (tertiary/aromatic N) is 8. The Labute approximate surface area is 59.8 Å². The molecule has 56 valence electrons. The Morgan fingerprint density at radius 2 is 2.27 bits per heavy atom. The second-order valence-corrected chi connectivity index (χ2v) is 1.66. The molecule has 0 amide bonds. The van der Waals surface area contributed by atoms with E-state index in [1.807, 2.05) is 0 Å². The van der Waals surface area contributed by atoms with Gasteiger partial charge in [-0.3, -0.25) is 0 Å². The van der Waals surface area contributed by atoms with Gasteiger partial charge in [-0.05, 0) is 15.6 Å². The van der Waals surface area contributed by atoms with E-state index >= 15 is 0 Å². The van der Waals surface area contributed by atoms with E-state index in [4.69, 9.17) is 5.84 Å². The highest BCUT2D eigenvalue weighted by molar-refractivity contribution is 4.97. The van der Waals surface area contributed by atoms with Crippen molar-refractivity contribution in [1.82, 2.24) is 40.5 Å². The Hall–Kier alpha value is -2.06. The molecular weight excluding hydrogens is 150 g/mol. The number of nitrogen functional groups attached to an aromatic ring is 1. The second-order valence-electron chi connectivity index (χ2n) is 1.66. The quantitative estimate of drug-likeness (QED) is 0.445. The van der Waals surface area contributed by atoms with Gasteiger partial charge in [-0.15, -0.1) is 5.10 Å². The van der Waals surface area contributed by atoms with Gasteiger partial charge in [-0.1, -0.05) is 15.1 Å². The van der Waals surface area contributed by atoms with Crippen molar-refractivity contribution in [1.29, 1.82) is 0 Å². The first-order chi connectivity index (χ1) is 5.36. The molecule has 11 heavy (non-hydrogen) atoms. The van der Waals surface area contributed by atoms with Gasteiger partial charge in [0.05, 0.1) is 0 Å². The molecule has 0 unspecified atom stereocenters. The van der Waals surface area contributed by atoms with E-state index in [1.165, 1.54) is 11.0 Å². The largest absolute Gasteiger partial charge is 0.304 e. The lowest BCUT2D eigenvalue weighted by molar-refractivity contribution is 0.674. The molecule has 2 aromatic heterocycles. The van der Waals surface area contributed by atoms with Crippen molar-refractivity contribution in [3.63, 3.8) is 0 Å². The topological polar surface area (TPSA) is 113 Å². The summed E-state index contributed by atoms with van der Waals surface area (Å²) in [5.41, 5.74) is 0. The lowest BCUT2D eigenvalue weighted by Crippen LogP contribution is -2.12. The van der Waals surface area contributed by atoms with E-state index in [1.54, 1.807) is 0 Å². The average Bonchev–Trinajstić information content (AvgIpc) is 2.55. The molecule has 0 atom stereocenters. The predicted octanol–water partition coefficient (Wildman–Crippen LogP) is -2.64. The van der Waals surface area contributed by atoms with Crippen LogP contribution in [0, 0.1) is 0 Å². The summed E-state index contributed by atoms with van der Waals surface area (Å²) in [5, 5.41) is 20.9. The molecule has 0 fully saturated rings. The molecule has 0 spiro atoms. The van der Waals surface area contributed by atoms with Crippen LogP contribution in [0.15, 0.2) is 6.33 Å². The maximum atomic E-state index is 5.13. The Bertz CT molecular complexity index is 330. The van der Waals surface area contributed by atoms with Gasteiger partial charge in [0.1, 0.15) is 6.33 Å². The monoisotopic (exact) mass is 153 g/mol. The van der Waals surface area contributed by atoms with Gasteiger partial charge in [0, 0.05) is 0 Å². The van der Waals surface area contributed by atoms with Crippen molar-refractivity contribution in [3.05, 3.63) is 6.33 Å². The molecule has 0 radical (unpaired) electrons. The van der Waals surface area contributed by atoms with Crippen LogP contribution in [0.4, 0.5) is 0 Å². The number of rotatable bonds is 1. The molecule has 9 heteroatoms. The summed E-state index contributed by atoms with van der Waals surface area (Å²) in [6, 6.07) is 0. The fourth-order valence-corrected chi connectivity index (χ4v) is 0.562. The van der Waals surface area contributed by atoms with E-state index in [2.05, 4.69) is 30.9 Å². The van der Waals surface area contributed by atoms with Gasteiger partial charge in [0.2, 0.25) is 0 Å². The Morgan fingerprint density at radius 3 is 2.82 bits per heavy atom. The molecule has 0 saturated carbocycles. The standard InChI is InChI=1S/C2H3N9/c3-11-6-2(5-8-11)10-1-4-7-9-10/h1H,3H2. The fraction of sp³-hybridized carbons (Fsp3) is 0. The van der Waals surface area contributed by atoms with E-state index in [0.29, 0.717) is 0 Å². The number of hydrogen-bond donors (Lipinski definition) is 1. The molecule has 0 saturated heterocycles. The summed E-state index contributed by atoms with van der Waals surface area (Å²) in [6.45, 7) is 0. The minimum absolute atomic E-state index is 0.234. The van der Waals surface area contributed by atoms with Crippen LogP contribution < -0.4 is 5.84 Å². The van der Waals surface area contributed by atoms with E-state index in [0.717, 1.165) is 4.91 Å². The Balaban J connectivity index is 2.45. The molecule has 9 nitrogen and oxygen atoms in total. The Kier molecular flexibility index (Phi) is 1.02. The van der Waals surface area contributed by atoms with Crippen LogP contribution in [0.3, 0.4) is 0 Å². The molecule has 0 aliphatic rings. The van der Waals surface area contributed by atoms with E-state index in [9.17, 15) is 0 Å². The van der Waals surface area contributed by atoms with Gasteiger partial charge >= 0.3 is 0 Å². The molecule has 0 aliphatic heterocycles. The zero-order valence-corrected chi connectivity index (χ0v) is 5.23. The minimum Gasteiger partial charge on any atom is -0.304 e. The first-order valence-corrected chi connectivity index (χ1v) is 2.65. The summed E-state index contributed by atoms with van der Waals surface area (Å²) >= 11 is 0. The first-order valence-electron chi connectivity index (χ1n) is 2.65. The number of aromatic nitrogens is 8. The van der Waals surface area contributed by atoms with Crippen molar-refractivity contribution in [2.75, 3.05) is 5.84 Å². The summed E-state index contributed by atoms with van der Waals surface area (Å²) in [5.74, 6) is 5.37. The third-order valence-corrected chi connectivity index (χ3v) is 0.972. The van der Waals surface area contributed by atoms with Gasteiger partial charge in [0.15, 0.2) is 0 Å². The van der Waals surface area contributed by atoms with Crippen molar-refractivity contribution in [2.24, 2.45) is 0 Å². The van der Waals surface area contributed by atoms with E-state index in [-0.39, 0.29) is 5.95 Å². The summed E-state index contributed by atoms with van der Waals surface area (Å²) in [4.78, 5) is 0.830. The van der Waals surface area contributed by atoms with Gasteiger partial charge in [0.25, 0.3) is 5.95 Å². The van der Waals surface area contributed by atoms with Crippen LogP contribution in [0.2, 0.25) is 0 Å². The van der Waals surface area contributed by atoms with Crippen molar-refractivity contribution in [2.45, 2.75) is 0 Å². The van der Waals surface area contributed by atoms with Crippen molar-refractivity contribution < 1.29 is 0 Å². The van der Waals surface area contributed by atoms with Crippen molar-refractivity contribution >= 4 is 0 Å². The zero-order valence-electron chi connectivity index (χ0n) is 5.23. The molecule has 0 aliphatic carbocycles. The second kappa shape index (κ2) is 1.97. The average molecular weight is 153 g/mol. The maximum absolute atomic E-state index is 5.13. The van der Waals surface area contributed by atoms with Gasteiger partial charge in [-0.25, -0.2) is 0 Å². The number of nitrogens with two attached hydrogens (primary N) is 1. The highest BCUT2D eigenvalue weighted by atomic mass is 15.7. The van der Waals surface area contributed by atoms with Gasteiger partial charge < -0.3 is 5.84 Å². The zero-order chi connectivity index (χ0) is 7.68. The number of tetrazole rings is 2. The van der Waals surface area contributed by atoms with Crippen LogP contribution >= 0.6 is 0 Å². The highest BCUT2D eigenvalue weighted by Gasteiger charge is 2.02. The smallest absolute Gasteiger partial charge is 0.295 e. The lowest BCUT2D eigenvalue weighted by Gasteiger charge is -1.84. The predicted molar refractivity (Wildman–Crippen MR) is 30.7 cm³/mol. The molecule has 2 heterocycles. The lowest BCUT2D eigenvalue weighted by atomic mass is 11.0. The normalized spacial score (nSPS) is 10.2. The fourth-order valence-electron chi connectivity index (χ4n) is 0.562. The summed E-state index contributed by atoms with van der Waals surface area (Å²) in [6.07, 6.45) is 1.34. The highest BCUT2D eigenvalue weighted by Crippen LogP contribution is 1.88. The molecule has 2 N–H and O–H groups in total. The van der Waals surface area contributed by atoms with Crippen molar-refractivity contribution in [3.8, 4) is 5.95 Å².